The van der Waals surface area contributed by atoms with Crippen LogP contribution in [0.5, 0.6) is 0 Å². The summed E-state index contributed by atoms with van der Waals surface area (Å²) in [6, 6.07) is 7.64. The van der Waals surface area contributed by atoms with E-state index in [1.807, 2.05) is 42.8 Å². The van der Waals surface area contributed by atoms with Crippen molar-refractivity contribution in [3.05, 3.63) is 36.0 Å². The maximum Gasteiger partial charge on any atom is 0.242 e. The number of likely N-dealkylation sites (N-methyl/N-ethyl adjacent to an activating group) is 1. The van der Waals surface area contributed by atoms with E-state index < -0.39 is 0 Å². The SMILES string of the molecule is CC(C)N(C)C(=O)Cn1ccc2cccc(C=O)c21. The Morgan fingerprint density at radius 1 is 1.37 bits per heavy atom. The third kappa shape index (κ3) is 2.52. The summed E-state index contributed by atoms with van der Waals surface area (Å²) in [5, 5.41) is 0.976. The summed E-state index contributed by atoms with van der Waals surface area (Å²) in [6.45, 7) is 4.20. The summed E-state index contributed by atoms with van der Waals surface area (Å²) in [4.78, 5) is 24.9. The lowest BCUT2D eigenvalue weighted by Gasteiger charge is -2.22. The Balaban J connectivity index is 2.36. The first-order valence-corrected chi connectivity index (χ1v) is 6.33. The van der Waals surface area contributed by atoms with Gasteiger partial charge in [0, 0.05) is 30.2 Å². The monoisotopic (exact) mass is 258 g/mol. The maximum atomic E-state index is 12.1. The van der Waals surface area contributed by atoms with Crippen molar-refractivity contribution in [1.82, 2.24) is 9.47 Å². The number of nitrogens with zero attached hydrogens (tertiary/aromatic N) is 2. The van der Waals surface area contributed by atoms with Crippen LogP contribution < -0.4 is 0 Å². The van der Waals surface area contributed by atoms with Crippen molar-refractivity contribution in [2.24, 2.45) is 0 Å². The molecule has 2 rings (SSSR count). The smallest absolute Gasteiger partial charge is 0.242 e. The number of carbonyl (C=O) groups is 2. The topological polar surface area (TPSA) is 42.3 Å². The zero-order valence-corrected chi connectivity index (χ0v) is 11.5. The molecule has 0 spiro atoms. The van der Waals surface area contributed by atoms with Crippen LogP contribution >= 0.6 is 0 Å². The molecule has 0 unspecified atom stereocenters. The molecule has 2 aromatic rings. The number of para-hydroxylation sites is 1. The number of benzene rings is 1. The zero-order valence-electron chi connectivity index (χ0n) is 11.5. The number of aldehydes is 1. The van der Waals surface area contributed by atoms with Crippen molar-refractivity contribution < 1.29 is 9.59 Å². The fourth-order valence-corrected chi connectivity index (χ4v) is 2.06. The van der Waals surface area contributed by atoms with Crippen LogP contribution in [0.3, 0.4) is 0 Å². The Morgan fingerprint density at radius 2 is 2.11 bits per heavy atom. The number of hydrogen-bond acceptors (Lipinski definition) is 2. The van der Waals surface area contributed by atoms with Crippen molar-refractivity contribution in [1.29, 1.82) is 0 Å². The second-order valence-corrected chi connectivity index (χ2v) is 4.94. The van der Waals surface area contributed by atoms with Gasteiger partial charge in [0.1, 0.15) is 6.54 Å². The summed E-state index contributed by atoms with van der Waals surface area (Å²) in [5.74, 6) is 0.0354. The van der Waals surface area contributed by atoms with Crippen molar-refractivity contribution in [3.8, 4) is 0 Å². The number of aromatic nitrogens is 1. The number of amides is 1. The third-order valence-corrected chi connectivity index (χ3v) is 3.42. The van der Waals surface area contributed by atoms with Crippen molar-refractivity contribution in [2.75, 3.05) is 7.05 Å². The van der Waals surface area contributed by atoms with E-state index in [0.29, 0.717) is 5.56 Å². The molecule has 1 amide bonds. The summed E-state index contributed by atoms with van der Waals surface area (Å²) in [6.07, 6.45) is 2.68. The molecule has 0 bridgehead atoms. The minimum atomic E-state index is 0.0354. The highest BCUT2D eigenvalue weighted by atomic mass is 16.2. The Morgan fingerprint density at radius 3 is 2.74 bits per heavy atom. The van der Waals surface area contributed by atoms with Gasteiger partial charge < -0.3 is 9.47 Å². The highest BCUT2D eigenvalue weighted by molar-refractivity contribution is 5.97. The van der Waals surface area contributed by atoms with Crippen LogP contribution in [0.2, 0.25) is 0 Å². The molecule has 0 saturated heterocycles. The summed E-state index contributed by atoms with van der Waals surface area (Å²) in [7, 11) is 1.79. The minimum absolute atomic E-state index is 0.0354. The van der Waals surface area contributed by atoms with E-state index in [2.05, 4.69) is 0 Å². The average Bonchev–Trinajstić information content (AvgIpc) is 2.80. The molecule has 19 heavy (non-hydrogen) atoms. The van der Waals surface area contributed by atoms with Gasteiger partial charge in [0.25, 0.3) is 0 Å². The lowest BCUT2D eigenvalue weighted by Crippen LogP contribution is -2.35. The first-order valence-electron chi connectivity index (χ1n) is 6.33. The summed E-state index contributed by atoms with van der Waals surface area (Å²) >= 11 is 0. The van der Waals surface area contributed by atoms with Crippen LogP contribution in [0, 0.1) is 0 Å². The highest BCUT2D eigenvalue weighted by Gasteiger charge is 2.14. The Kier molecular flexibility index (Phi) is 3.69. The fourth-order valence-electron chi connectivity index (χ4n) is 2.06. The third-order valence-electron chi connectivity index (χ3n) is 3.42. The molecule has 1 aromatic heterocycles. The number of fused-ring (bicyclic) bond motifs is 1. The summed E-state index contributed by atoms with van der Waals surface area (Å²) in [5.41, 5.74) is 1.44. The lowest BCUT2D eigenvalue weighted by atomic mass is 10.1. The largest absolute Gasteiger partial charge is 0.342 e. The molecule has 4 heteroatoms. The van der Waals surface area contributed by atoms with E-state index in [1.165, 1.54) is 0 Å². The summed E-state index contributed by atoms with van der Waals surface area (Å²) < 4.78 is 1.83. The quantitative estimate of drug-likeness (QED) is 0.790. The van der Waals surface area contributed by atoms with Gasteiger partial charge >= 0.3 is 0 Å². The molecule has 0 atom stereocenters. The molecule has 1 heterocycles. The van der Waals surface area contributed by atoms with Crippen LogP contribution in [0.15, 0.2) is 30.5 Å². The molecular formula is C15H18N2O2. The van der Waals surface area contributed by atoms with Crippen LogP contribution in [-0.4, -0.2) is 34.7 Å². The minimum Gasteiger partial charge on any atom is -0.342 e. The highest BCUT2D eigenvalue weighted by Crippen LogP contribution is 2.19. The Hall–Kier alpha value is -2.10. The van der Waals surface area contributed by atoms with Gasteiger partial charge in [-0.05, 0) is 26.0 Å². The van der Waals surface area contributed by atoms with Gasteiger partial charge in [-0.3, -0.25) is 9.59 Å². The fraction of sp³-hybridized carbons (Fsp3) is 0.333. The average molecular weight is 258 g/mol. The standard InChI is InChI=1S/C15H18N2O2/c1-11(2)16(3)14(19)9-17-8-7-12-5-4-6-13(10-18)15(12)17/h4-8,10-11H,9H2,1-3H3. The van der Waals surface area contributed by atoms with Crippen molar-refractivity contribution in [2.45, 2.75) is 26.4 Å². The maximum absolute atomic E-state index is 12.1. The zero-order chi connectivity index (χ0) is 14.0. The van der Waals surface area contributed by atoms with E-state index in [1.54, 1.807) is 18.0 Å². The van der Waals surface area contributed by atoms with Gasteiger partial charge in [-0.2, -0.15) is 0 Å². The Bertz CT molecular complexity index is 614. The molecule has 0 N–H and O–H groups in total. The molecule has 0 fully saturated rings. The normalized spacial score (nSPS) is 10.9. The predicted octanol–water partition coefficient (Wildman–Crippen LogP) is 2.32. The van der Waals surface area contributed by atoms with Gasteiger partial charge in [-0.1, -0.05) is 12.1 Å². The van der Waals surface area contributed by atoms with E-state index in [9.17, 15) is 9.59 Å². The lowest BCUT2D eigenvalue weighted by molar-refractivity contribution is -0.131. The molecule has 1 aromatic carbocycles. The van der Waals surface area contributed by atoms with E-state index in [0.717, 1.165) is 17.2 Å². The number of hydrogen-bond donors (Lipinski definition) is 0. The number of carbonyl (C=O) groups excluding carboxylic acids is 2. The number of rotatable bonds is 4. The van der Waals surface area contributed by atoms with E-state index in [-0.39, 0.29) is 18.5 Å². The van der Waals surface area contributed by atoms with Gasteiger partial charge in [0.15, 0.2) is 6.29 Å². The van der Waals surface area contributed by atoms with Crippen LogP contribution in [0.1, 0.15) is 24.2 Å². The first kappa shape index (κ1) is 13.3. The Labute approximate surface area is 112 Å². The first-order chi connectivity index (χ1) is 9.04. The second kappa shape index (κ2) is 5.26. The predicted molar refractivity (Wildman–Crippen MR) is 75.2 cm³/mol. The molecule has 0 aliphatic carbocycles. The molecule has 0 saturated carbocycles. The van der Waals surface area contributed by atoms with Gasteiger partial charge in [0.2, 0.25) is 5.91 Å². The molecule has 4 nitrogen and oxygen atoms in total. The molecule has 100 valence electrons. The second-order valence-electron chi connectivity index (χ2n) is 4.94. The van der Waals surface area contributed by atoms with Crippen LogP contribution in [0.25, 0.3) is 10.9 Å². The van der Waals surface area contributed by atoms with Crippen molar-refractivity contribution in [3.63, 3.8) is 0 Å². The van der Waals surface area contributed by atoms with Gasteiger partial charge in [-0.15, -0.1) is 0 Å². The van der Waals surface area contributed by atoms with Gasteiger partial charge in [-0.25, -0.2) is 0 Å². The van der Waals surface area contributed by atoms with Crippen LogP contribution in [-0.2, 0) is 11.3 Å². The van der Waals surface area contributed by atoms with Crippen LogP contribution in [0.4, 0.5) is 0 Å². The van der Waals surface area contributed by atoms with Gasteiger partial charge in [0.05, 0.1) is 5.52 Å². The molecule has 0 aliphatic heterocycles. The van der Waals surface area contributed by atoms with Crippen molar-refractivity contribution >= 4 is 23.1 Å². The molecule has 0 radical (unpaired) electrons. The molecular weight excluding hydrogens is 240 g/mol. The molecule has 0 aliphatic rings. The van der Waals surface area contributed by atoms with E-state index in [4.69, 9.17) is 0 Å². The van der Waals surface area contributed by atoms with E-state index >= 15 is 0 Å².